The molecule has 1 aromatic carbocycles. The number of rotatable bonds is 0. The minimum atomic E-state index is -0.279. The number of hydrogen-bond acceptors (Lipinski definition) is 1. The molecule has 0 aromatic heterocycles. The van der Waals surface area contributed by atoms with E-state index in [1.807, 2.05) is 11.9 Å². The molecule has 0 amide bonds. The second-order valence-electron chi connectivity index (χ2n) is 3.62. The molecule has 1 nitrogen and oxygen atoms in total. The normalized spacial score (nSPS) is 16.3. The number of hydrogen-bond donors (Lipinski definition) is 0. The number of aryl methyl sites for hydroxylation is 1. The number of nitrogens with zero attached hydrogens (tertiary/aromatic N) is 1. The molecular formula is C10H11F2N. The summed E-state index contributed by atoms with van der Waals surface area (Å²) in [6.45, 7) is 2.62. The molecule has 3 heteroatoms. The molecule has 13 heavy (non-hydrogen) atoms. The van der Waals surface area contributed by atoms with Gasteiger partial charge in [-0.3, -0.25) is 4.90 Å². The van der Waals surface area contributed by atoms with Gasteiger partial charge in [0.2, 0.25) is 0 Å². The van der Waals surface area contributed by atoms with Gasteiger partial charge in [0.05, 0.1) is 0 Å². The summed E-state index contributed by atoms with van der Waals surface area (Å²) in [4.78, 5) is 1.90. The zero-order valence-corrected chi connectivity index (χ0v) is 7.69. The molecule has 0 unspecified atom stereocenters. The van der Waals surface area contributed by atoms with Crippen LogP contribution in [0.4, 0.5) is 8.78 Å². The van der Waals surface area contributed by atoms with Gasteiger partial charge in [0, 0.05) is 24.2 Å². The Labute approximate surface area is 76.0 Å². The van der Waals surface area contributed by atoms with Crippen molar-refractivity contribution in [2.24, 2.45) is 0 Å². The zero-order chi connectivity index (χ0) is 9.59. The minimum Gasteiger partial charge on any atom is -0.298 e. The molecule has 70 valence electrons. The van der Waals surface area contributed by atoms with Gasteiger partial charge in [-0.25, -0.2) is 8.78 Å². The maximum atomic E-state index is 13.5. The summed E-state index contributed by atoms with van der Waals surface area (Å²) in [5, 5.41) is 0. The van der Waals surface area contributed by atoms with Crippen LogP contribution in [0.15, 0.2) is 6.07 Å². The summed E-state index contributed by atoms with van der Waals surface area (Å²) < 4.78 is 26.8. The first kappa shape index (κ1) is 8.63. The predicted octanol–water partition coefficient (Wildman–Crippen LogP) is 2.22. The van der Waals surface area contributed by atoms with E-state index in [2.05, 4.69) is 0 Å². The maximum Gasteiger partial charge on any atom is 0.131 e. The average molecular weight is 183 g/mol. The molecule has 0 aliphatic carbocycles. The molecular weight excluding hydrogens is 172 g/mol. The first-order valence-corrected chi connectivity index (χ1v) is 4.24. The molecule has 0 spiro atoms. The first-order chi connectivity index (χ1) is 6.09. The Kier molecular flexibility index (Phi) is 1.84. The molecule has 0 N–H and O–H groups in total. The fourth-order valence-corrected chi connectivity index (χ4v) is 1.79. The van der Waals surface area contributed by atoms with E-state index in [9.17, 15) is 8.78 Å². The smallest absolute Gasteiger partial charge is 0.131 e. The summed E-state index contributed by atoms with van der Waals surface area (Å²) in [5.74, 6) is -0.529. The highest BCUT2D eigenvalue weighted by Crippen LogP contribution is 2.28. The summed E-state index contributed by atoms with van der Waals surface area (Å²) in [6, 6.07) is 1.27. The van der Waals surface area contributed by atoms with E-state index in [0.717, 1.165) is 0 Å². The molecule has 1 aromatic rings. The van der Waals surface area contributed by atoms with Crippen LogP contribution >= 0.6 is 0 Å². The third-order valence-corrected chi connectivity index (χ3v) is 2.46. The Morgan fingerprint density at radius 3 is 2.54 bits per heavy atom. The van der Waals surface area contributed by atoms with Crippen molar-refractivity contribution in [2.75, 3.05) is 7.05 Å². The van der Waals surface area contributed by atoms with E-state index in [0.29, 0.717) is 29.8 Å². The predicted molar refractivity (Wildman–Crippen MR) is 46.3 cm³/mol. The van der Waals surface area contributed by atoms with Crippen molar-refractivity contribution in [3.8, 4) is 0 Å². The van der Waals surface area contributed by atoms with Crippen LogP contribution < -0.4 is 0 Å². The molecule has 0 radical (unpaired) electrons. The van der Waals surface area contributed by atoms with E-state index in [4.69, 9.17) is 0 Å². The maximum absolute atomic E-state index is 13.5. The average Bonchev–Trinajstić information content (AvgIpc) is 2.44. The number of benzene rings is 1. The van der Waals surface area contributed by atoms with E-state index >= 15 is 0 Å². The Hall–Kier alpha value is -0.960. The van der Waals surface area contributed by atoms with E-state index in [1.54, 1.807) is 6.92 Å². The van der Waals surface area contributed by atoms with Gasteiger partial charge < -0.3 is 0 Å². The summed E-state index contributed by atoms with van der Waals surface area (Å²) in [7, 11) is 1.86. The molecule has 0 atom stereocenters. The third kappa shape index (κ3) is 1.23. The number of fused-ring (bicyclic) bond motifs is 1. The van der Waals surface area contributed by atoms with Gasteiger partial charge in [-0.15, -0.1) is 0 Å². The second kappa shape index (κ2) is 2.77. The lowest BCUT2D eigenvalue weighted by Gasteiger charge is -2.04. The first-order valence-electron chi connectivity index (χ1n) is 4.24. The van der Waals surface area contributed by atoms with E-state index in [1.165, 1.54) is 6.07 Å². The Balaban J connectivity index is 2.62. The molecule has 0 saturated heterocycles. The molecule has 2 rings (SSSR count). The van der Waals surface area contributed by atoms with E-state index < -0.39 is 0 Å². The lowest BCUT2D eigenvalue weighted by molar-refractivity contribution is 0.347. The van der Waals surface area contributed by atoms with Crippen LogP contribution in [0.5, 0.6) is 0 Å². The largest absolute Gasteiger partial charge is 0.298 e. The van der Waals surface area contributed by atoms with Gasteiger partial charge in [-0.05, 0) is 25.6 Å². The highest BCUT2D eigenvalue weighted by atomic mass is 19.1. The van der Waals surface area contributed by atoms with Crippen molar-refractivity contribution in [1.82, 2.24) is 4.90 Å². The van der Waals surface area contributed by atoms with Crippen LogP contribution in [-0.2, 0) is 13.1 Å². The Bertz CT molecular complexity index is 360. The monoisotopic (exact) mass is 183 g/mol. The Morgan fingerprint density at radius 1 is 1.23 bits per heavy atom. The summed E-state index contributed by atoms with van der Waals surface area (Å²) in [6.07, 6.45) is 0. The fraction of sp³-hybridized carbons (Fsp3) is 0.400. The van der Waals surface area contributed by atoms with Crippen LogP contribution in [0.1, 0.15) is 16.7 Å². The molecule has 0 fully saturated rings. The van der Waals surface area contributed by atoms with Crippen LogP contribution in [0, 0.1) is 18.6 Å². The van der Waals surface area contributed by atoms with Gasteiger partial charge in [-0.2, -0.15) is 0 Å². The molecule has 1 heterocycles. The zero-order valence-electron chi connectivity index (χ0n) is 7.69. The highest BCUT2D eigenvalue weighted by Gasteiger charge is 2.23. The van der Waals surface area contributed by atoms with Crippen LogP contribution in [-0.4, -0.2) is 11.9 Å². The van der Waals surface area contributed by atoms with Crippen molar-refractivity contribution in [3.63, 3.8) is 0 Å². The van der Waals surface area contributed by atoms with Crippen LogP contribution in [0.25, 0.3) is 0 Å². The van der Waals surface area contributed by atoms with Crippen molar-refractivity contribution in [3.05, 3.63) is 34.4 Å². The van der Waals surface area contributed by atoms with Crippen LogP contribution in [0.2, 0.25) is 0 Å². The lowest BCUT2D eigenvalue weighted by Crippen LogP contribution is -2.08. The lowest BCUT2D eigenvalue weighted by atomic mass is 10.1. The topological polar surface area (TPSA) is 3.24 Å². The van der Waals surface area contributed by atoms with Crippen molar-refractivity contribution < 1.29 is 8.78 Å². The fourth-order valence-electron chi connectivity index (χ4n) is 1.79. The van der Waals surface area contributed by atoms with Gasteiger partial charge >= 0.3 is 0 Å². The van der Waals surface area contributed by atoms with Crippen molar-refractivity contribution in [2.45, 2.75) is 20.0 Å². The van der Waals surface area contributed by atoms with Gasteiger partial charge in [0.25, 0.3) is 0 Å². The van der Waals surface area contributed by atoms with Crippen LogP contribution in [0.3, 0.4) is 0 Å². The number of halogens is 2. The van der Waals surface area contributed by atoms with Gasteiger partial charge in [0.15, 0.2) is 0 Å². The van der Waals surface area contributed by atoms with Gasteiger partial charge in [-0.1, -0.05) is 0 Å². The molecule has 1 aliphatic rings. The summed E-state index contributed by atoms with van der Waals surface area (Å²) in [5.41, 5.74) is 1.44. The quantitative estimate of drug-likeness (QED) is 0.596. The highest BCUT2D eigenvalue weighted by molar-refractivity contribution is 5.37. The van der Waals surface area contributed by atoms with Crippen molar-refractivity contribution >= 4 is 0 Å². The standard InChI is InChI=1S/C10H11F2N/c1-6-3-9(11)7-4-13(2)5-8(7)10(6)12/h3H,4-5H2,1-2H3. The van der Waals surface area contributed by atoms with Crippen molar-refractivity contribution in [1.29, 1.82) is 0 Å². The van der Waals surface area contributed by atoms with E-state index in [-0.39, 0.29) is 11.6 Å². The molecule has 0 saturated carbocycles. The third-order valence-electron chi connectivity index (χ3n) is 2.46. The second-order valence-corrected chi connectivity index (χ2v) is 3.62. The summed E-state index contributed by atoms with van der Waals surface area (Å²) >= 11 is 0. The van der Waals surface area contributed by atoms with Gasteiger partial charge in [0.1, 0.15) is 11.6 Å². The molecule has 1 aliphatic heterocycles. The Morgan fingerprint density at radius 2 is 1.85 bits per heavy atom. The molecule has 0 bridgehead atoms. The minimum absolute atomic E-state index is 0.249. The SMILES string of the molecule is Cc1cc(F)c2c(c1F)CN(C)C2.